The summed E-state index contributed by atoms with van der Waals surface area (Å²) in [6, 6.07) is 1.39. The molecule has 2 aliphatic heterocycles. The molecule has 2 N–H and O–H groups in total. The van der Waals surface area contributed by atoms with E-state index in [2.05, 4.69) is 63.7 Å². The van der Waals surface area contributed by atoms with Crippen LogP contribution in [0, 0.1) is 23.3 Å². The second kappa shape index (κ2) is 7.33. The summed E-state index contributed by atoms with van der Waals surface area (Å²) in [5.41, 5.74) is -5.29. The first-order chi connectivity index (χ1) is 15.4. The Balaban J connectivity index is 2.10. The normalized spacial score (nSPS) is 18.0. The third-order valence-electron chi connectivity index (χ3n) is 5.32. The number of fused-ring (bicyclic) bond motifs is 6. The molecular formula is C20H4Br4F4O5. The molecular weight excluding hydrogens is 716 g/mol. The van der Waals surface area contributed by atoms with Crippen LogP contribution in [0.2, 0.25) is 0 Å². The van der Waals surface area contributed by atoms with Crippen LogP contribution in [0.4, 0.5) is 17.6 Å². The predicted molar refractivity (Wildman–Crippen MR) is 119 cm³/mol. The number of hydrogen-bond acceptors (Lipinski definition) is 5. The van der Waals surface area contributed by atoms with E-state index in [0.717, 1.165) is 0 Å². The maximum absolute atomic E-state index is 15.4. The van der Waals surface area contributed by atoms with Gasteiger partial charge in [-0.2, -0.15) is 4.39 Å². The van der Waals surface area contributed by atoms with E-state index in [4.69, 9.17) is 9.47 Å². The molecule has 1 spiro atoms. The highest BCUT2D eigenvalue weighted by atomic mass is 79.9. The van der Waals surface area contributed by atoms with Gasteiger partial charge in [0.2, 0.25) is 11.4 Å². The first kappa shape index (κ1) is 22.9. The summed E-state index contributed by atoms with van der Waals surface area (Å²) in [4.78, 5) is 12.8. The fourth-order valence-electron chi connectivity index (χ4n) is 3.99. The number of hydrogen-bond donors (Lipinski definition) is 2. The molecule has 0 amide bonds. The van der Waals surface area contributed by atoms with E-state index in [-0.39, 0.29) is 24.7 Å². The fraction of sp³-hybridized carbons (Fsp3) is 0.0500. The second-order valence-electron chi connectivity index (χ2n) is 6.94. The lowest BCUT2D eigenvalue weighted by Crippen LogP contribution is -2.36. The standard InChI is InChI=1S/C20H4Br4F4O5/c21-9-7-17(11(23)15(29)10(9)22)32-18-8(13(27)14(28)16(30)12(18)24)20(7)6-4(26)2-1-3(25)5(6)19(31)33-20/h1-2,29-30H. The minimum atomic E-state index is -2.61. The Bertz CT molecular complexity index is 1390. The topological polar surface area (TPSA) is 76.0 Å². The van der Waals surface area contributed by atoms with Gasteiger partial charge in [0.15, 0.2) is 23.1 Å². The van der Waals surface area contributed by atoms with Crippen LogP contribution in [0.25, 0.3) is 0 Å². The Morgan fingerprint density at radius 1 is 0.727 bits per heavy atom. The monoisotopic (exact) mass is 716 g/mol. The van der Waals surface area contributed by atoms with Crippen LogP contribution >= 0.6 is 63.7 Å². The summed E-state index contributed by atoms with van der Waals surface area (Å²) in [5, 5.41) is 20.5. The molecule has 13 heteroatoms. The molecule has 1 unspecified atom stereocenters. The van der Waals surface area contributed by atoms with Gasteiger partial charge in [-0.3, -0.25) is 0 Å². The molecule has 0 aliphatic carbocycles. The zero-order valence-electron chi connectivity index (χ0n) is 15.3. The molecule has 5 nitrogen and oxygen atoms in total. The average molecular weight is 720 g/mol. The van der Waals surface area contributed by atoms with Crippen molar-refractivity contribution in [3.63, 3.8) is 0 Å². The maximum Gasteiger partial charge on any atom is 0.343 e. The quantitative estimate of drug-likeness (QED) is 0.145. The highest BCUT2D eigenvalue weighted by Crippen LogP contribution is 2.65. The zero-order valence-corrected chi connectivity index (χ0v) is 21.6. The van der Waals surface area contributed by atoms with Crippen molar-refractivity contribution in [2.75, 3.05) is 0 Å². The number of carbonyl (C=O) groups excluding carboxylic acids is 1. The molecule has 2 aliphatic rings. The largest absolute Gasteiger partial charge is 0.505 e. The highest BCUT2D eigenvalue weighted by molar-refractivity contribution is 9.13. The van der Waals surface area contributed by atoms with Crippen molar-refractivity contribution >= 4 is 69.7 Å². The van der Waals surface area contributed by atoms with Gasteiger partial charge in [0.1, 0.15) is 31.9 Å². The minimum Gasteiger partial charge on any atom is -0.505 e. The van der Waals surface area contributed by atoms with Crippen LogP contribution < -0.4 is 4.74 Å². The average Bonchev–Trinajstić information content (AvgIpc) is 3.08. The van der Waals surface area contributed by atoms with Crippen LogP contribution in [0.5, 0.6) is 23.0 Å². The lowest BCUT2D eigenvalue weighted by molar-refractivity contribution is 0.0197. The van der Waals surface area contributed by atoms with Gasteiger partial charge in [-0.05, 0) is 75.9 Å². The predicted octanol–water partition coefficient (Wildman–Crippen LogP) is 7.27. The smallest absolute Gasteiger partial charge is 0.343 e. The number of benzene rings is 3. The summed E-state index contributed by atoms with van der Waals surface area (Å²) < 4.78 is 70.5. The van der Waals surface area contributed by atoms with Crippen molar-refractivity contribution < 1.29 is 42.0 Å². The summed E-state index contributed by atoms with van der Waals surface area (Å²) in [7, 11) is 0. The first-order valence-electron chi connectivity index (χ1n) is 8.64. The van der Waals surface area contributed by atoms with Crippen molar-refractivity contribution in [3.8, 4) is 23.0 Å². The van der Waals surface area contributed by atoms with Crippen LogP contribution in [0.1, 0.15) is 27.0 Å². The Morgan fingerprint density at radius 2 is 1.30 bits per heavy atom. The summed E-state index contributed by atoms with van der Waals surface area (Å²) in [5.74, 6) is -9.62. The Hall–Kier alpha value is -1.83. The van der Waals surface area contributed by atoms with Crippen molar-refractivity contribution in [1.82, 2.24) is 0 Å². The molecule has 170 valence electrons. The molecule has 0 aromatic heterocycles. The van der Waals surface area contributed by atoms with Crippen molar-refractivity contribution in [1.29, 1.82) is 0 Å². The number of halogens is 8. The highest BCUT2D eigenvalue weighted by Gasteiger charge is 2.60. The Morgan fingerprint density at radius 3 is 1.97 bits per heavy atom. The van der Waals surface area contributed by atoms with Gasteiger partial charge in [-0.25, -0.2) is 18.0 Å². The van der Waals surface area contributed by atoms with E-state index >= 15 is 8.78 Å². The zero-order chi connectivity index (χ0) is 24.1. The van der Waals surface area contributed by atoms with Gasteiger partial charge in [0.25, 0.3) is 0 Å². The lowest BCUT2D eigenvalue weighted by atomic mass is 9.77. The molecule has 0 radical (unpaired) electrons. The third-order valence-corrected chi connectivity index (χ3v) is 8.89. The molecule has 5 rings (SSSR count). The molecule has 33 heavy (non-hydrogen) atoms. The molecule has 2 heterocycles. The van der Waals surface area contributed by atoms with E-state index < -0.39 is 73.3 Å². The number of rotatable bonds is 0. The molecule has 3 aromatic carbocycles. The van der Waals surface area contributed by atoms with Gasteiger partial charge in [-0.1, -0.05) is 0 Å². The van der Waals surface area contributed by atoms with E-state index in [9.17, 15) is 23.8 Å². The fourth-order valence-corrected chi connectivity index (χ4v) is 6.23. The van der Waals surface area contributed by atoms with Crippen molar-refractivity contribution in [3.05, 3.63) is 75.5 Å². The van der Waals surface area contributed by atoms with Gasteiger partial charge < -0.3 is 19.7 Å². The van der Waals surface area contributed by atoms with Crippen LogP contribution in [-0.4, -0.2) is 16.2 Å². The maximum atomic E-state index is 15.4. The van der Waals surface area contributed by atoms with E-state index in [1.54, 1.807) is 0 Å². The van der Waals surface area contributed by atoms with Crippen LogP contribution in [0.15, 0.2) is 30.0 Å². The number of esters is 1. The number of phenols is 2. The SMILES string of the molecule is O=C1OC2(c3c(F)c(F)c(O)c(Br)c3Oc3c(Br)c(O)c(Br)c(Br)c32)c2c(F)ccc(F)c21. The molecule has 0 fully saturated rings. The molecule has 1 atom stereocenters. The molecule has 0 saturated heterocycles. The van der Waals surface area contributed by atoms with Crippen molar-refractivity contribution in [2.24, 2.45) is 0 Å². The molecule has 3 aromatic rings. The number of carbonyl (C=O) groups is 1. The van der Waals surface area contributed by atoms with E-state index in [1.807, 2.05) is 0 Å². The summed E-state index contributed by atoms with van der Waals surface area (Å²) >= 11 is 12.3. The van der Waals surface area contributed by atoms with Crippen molar-refractivity contribution in [2.45, 2.75) is 5.60 Å². The van der Waals surface area contributed by atoms with Gasteiger partial charge in [-0.15, -0.1) is 0 Å². The Labute approximate surface area is 214 Å². The number of phenolic OH excluding ortho intramolecular Hbond substituents is 2. The first-order valence-corrected chi connectivity index (χ1v) is 11.8. The lowest BCUT2D eigenvalue weighted by Gasteiger charge is -2.38. The summed E-state index contributed by atoms with van der Waals surface area (Å²) in [6.45, 7) is 0. The minimum absolute atomic E-state index is 0.0421. The van der Waals surface area contributed by atoms with E-state index in [1.165, 1.54) is 0 Å². The number of aromatic hydroxyl groups is 2. The number of ether oxygens (including phenoxy) is 2. The van der Waals surface area contributed by atoms with Crippen LogP contribution in [0.3, 0.4) is 0 Å². The molecule has 0 bridgehead atoms. The van der Waals surface area contributed by atoms with Gasteiger partial charge >= 0.3 is 5.97 Å². The second-order valence-corrected chi connectivity index (χ2v) is 10.1. The van der Waals surface area contributed by atoms with Gasteiger partial charge in [0, 0.05) is 4.47 Å². The van der Waals surface area contributed by atoms with E-state index in [0.29, 0.717) is 12.1 Å². The molecule has 0 saturated carbocycles. The Kier molecular flexibility index (Phi) is 5.10. The summed E-state index contributed by atoms with van der Waals surface area (Å²) in [6.07, 6.45) is 0. The third kappa shape index (κ3) is 2.70. The van der Waals surface area contributed by atoms with Gasteiger partial charge in [0.05, 0.1) is 21.2 Å². The van der Waals surface area contributed by atoms with Crippen LogP contribution in [-0.2, 0) is 10.3 Å².